The van der Waals surface area contributed by atoms with Crippen LogP contribution in [0.1, 0.15) is 52.9 Å². The average molecular weight is 212 g/mol. The lowest BCUT2D eigenvalue weighted by Crippen LogP contribution is -2.55. The van der Waals surface area contributed by atoms with Crippen LogP contribution >= 0.6 is 0 Å². The Bertz CT molecular complexity index is 220. The van der Waals surface area contributed by atoms with Gasteiger partial charge in [0, 0.05) is 6.04 Å². The summed E-state index contributed by atoms with van der Waals surface area (Å²) in [5, 5.41) is 3.35. The largest absolute Gasteiger partial charge is 0.368 e. The second-order valence-electron chi connectivity index (χ2n) is 5.32. The second-order valence-corrected chi connectivity index (χ2v) is 5.32. The molecule has 1 rings (SSSR count). The topological polar surface area (TPSA) is 55.1 Å². The SMILES string of the molecule is CC(NC(C)(C)C(N)=O)C1CCCCC1. The molecule has 0 bridgehead atoms. The predicted molar refractivity (Wildman–Crippen MR) is 62.4 cm³/mol. The highest BCUT2D eigenvalue weighted by Crippen LogP contribution is 2.27. The van der Waals surface area contributed by atoms with Gasteiger partial charge >= 0.3 is 0 Å². The average Bonchev–Trinajstić information content (AvgIpc) is 2.18. The first-order valence-electron chi connectivity index (χ1n) is 6.01. The fourth-order valence-electron chi connectivity index (χ4n) is 2.39. The standard InChI is InChI=1S/C12H24N2O/c1-9(10-7-5-4-6-8-10)14-12(2,3)11(13)15/h9-10,14H,4-8H2,1-3H3,(H2,13,15). The first kappa shape index (κ1) is 12.5. The maximum Gasteiger partial charge on any atom is 0.237 e. The number of rotatable bonds is 4. The van der Waals surface area contributed by atoms with Crippen molar-refractivity contribution in [2.45, 2.75) is 64.5 Å². The van der Waals surface area contributed by atoms with E-state index < -0.39 is 5.54 Å². The molecule has 0 heterocycles. The lowest BCUT2D eigenvalue weighted by atomic mass is 9.83. The van der Waals surface area contributed by atoms with E-state index in [2.05, 4.69) is 12.2 Å². The number of nitrogens with two attached hydrogens (primary N) is 1. The summed E-state index contributed by atoms with van der Waals surface area (Å²) < 4.78 is 0. The van der Waals surface area contributed by atoms with Crippen LogP contribution in [0.15, 0.2) is 0 Å². The van der Waals surface area contributed by atoms with Crippen LogP contribution in [0.25, 0.3) is 0 Å². The van der Waals surface area contributed by atoms with Gasteiger partial charge in [0.05, 0.1) is 5.54 Å². The summed E-state index contributed by atoms with van der Waals surface area (Å²) in [5.74, 6) is 0.433. The number of hydrogen-bond donors (Lipinski definition) is 2. The maximum absolute atomic E-state index is 11.2. The van der Waals surface area contributed by atoms with Crippen molar-refractivity contribution in [2.24, 2.45) is 11.7 Å². The molecule has 0 aromatic rings. The van der Waals surface area contributed by atoms with E-state index in [0.29, 0.717) is 12.0 Å². The van der Waals surface area contributed by atoms with Crippen LogP contribution in [0.5, 0.6) is 0 Å². The molecular formula is C12H24N2O. The van der Waals surface area contributed by atoms with Gasteiger partial charge in [-0.05, 0) is 39.5 Å². The van der Waals surface area contributed by atoms with Crippen LogP contribution < -0.4 is 11.1 Å². The molecule has 1 atom stereocenters. The first-order valence-corrected chi connectivity index (χ1v) is 6.01. The third-order valence-corrected chi connectivity index (χ3v) is 3.56. The highest BCUT2D eigenvalue weighted by Gasteiger charge is 2.29. The molecule has 0 spiro atoms. The van der Waals surface area contributed by atoms with Crippen molar-refractivity contribution in [3.8, 4) is 0 Å². The van der Waals surface area contributed by atoms with Gasteiger partial charge in [0.2, 0.25) is 5.91 Å². The van der Waals surface area contributed by atoms with E-state index in [1.807, 2.05) is 13.8 Å². The van der Waals surface area contributed by atoms with Gasteiger partial charge in [-0.25, -0.2) is 0 Å². The number of carbonyl (C=O) groups is 1. The lowest BCUT2D eigenvalue weighted by Gasteiger charge is -2.34. The van der Waals surface area contributed by atoms with Crippen molar-refractivity contribution < 1.29 is 4.79 Å². The van der Waals surface area contributed by atoms with Gasteiger partial charge in [0.25, 0.3) is 0 Å². The van der Waals surface area contributed by atoms with Crippen molar-refractivity contribution in [1.82, 2.24) is 5.32 Å². The van der Waals surface area contributed by atoms with Crippen LogP contribution in [0.3, 0.4) is 0 Å². The van der Waals surface area contributed by atoms with Crippen LogP contribution in [0.4, 0.5) is 0 Å². The number of primary amides is 1. The lowest BCUT2D eigenvalue weighted by molar-refractivity contribution is -0.123. The molecular weight excluding hydrogens is 188 g/mol. The summed E-state index contributed by atoms with van der Waals surface area (Å²) in [6, 6.07) is 0.382. The third-order valence-electron chi connectivity index (χ3n) is 3.56. The number of hydrogen-bond acceptors (Lipinski definition) is 2. The van der Waals surface area contributed by atoms with Crippen LogP contribution in [0.2, 0.25) is 0 Å². The van der Waals surface area contributed by atoms with E-state index in [0.717, 1.165) is 0 Å². The molecule has 0 saturated heterocycles. The van der Waals surface area contributed by atoms with E-state index in [1.165, 1.54) is 32.1 Å². The molecule has 1 unspecified atom stereocenters. The van der Waals surface area contributed by atoms with E-state index in [-0.39, 0.29) is 5.91 Å². The van der Waals surface area contributed by atoms with Crippen molar-refractivity contribution in [3.05, 3.63) is 0 Å². The Balaban J connectivity index is 2.46. The summed E-state index contributed by atoms with van der Waals surface area (Å²) in [6.45, 7) is 5.88. The third kappa shape index (κ3) is 3.49. The zero-order valence-electron chi connectivity index (χ0n) is 10.2. The Morgan fingerprint density at radius 2 is 1.87 bits per heavy atom. The number of nitrogens with one attached hydrogen (secondary N) is 1. The molecule has 1 aliphatic carbocycles. The number of carbonyl (C=O) groups excluding carboxylic acids is 1. The molecule has 15 heavy (non-hydrogen) atoms. The summed E-state index contributed by atoms with van der Waals surface area (Å²) in [4.78, 5) is 11.2. The highest BCUT2D eigenvalue weighted by atomic mass is 16.1. The van der Waals surface area contributed by atoms with Crippen molar-refractivity contribution in [2.75, 3.05) is 0 Å². The van der Waals surface area contributed by atoms with Crippen LogP contribution in [0, 0.1) is 5.92 Å². The van der Waals surface area contributed by atoms with Crippen molar-refractivity contribution in [3.63, 3.8) is 0 Å². The highest BCUT2D eigenvalue weighted by molar-refractivity contribution is 5.83. The molecule has 1 aliphatic rings. The van der Waals surface area contributed by atoms with Crippen molar-refractivity contribution >= 4 is 5.91 Å². The molecule has 0 radical (unpaired) electrons. The molecule has 88 valence electrons. The van der Waals surface area contributed by atoms with E-state index >= 15 is 0 Å². The molecule has 3 nitrogen and oxygen atoms in total. The van der Waals surface area contributed by atoms with E-state index in [9.17, 15) is 4.79 Å². The van der Waals surface area contributed by atoms with E-state index in [4.69, 9.17) is 5.73 Å². The molecule has 0 aromatic carbocycles. The minimum absolute atomic E-state index is 0.273. The normalized spacial score (nSPS) is 21.3. The monoisotopic (exact) mass is 212 g/mol. The van der Waals surface area contributed by atoms with E-state index in [1.54, 1.807) is 0 Å². The molecule has 3 N–H and O–H groups in total. The summed E-state index contributed by atoms with van der Waals surface area (Å²) in [6.07, 6.45) is 6.58. The van der Waals surface area contributed by atoms with Gasteiger partial charge < -0.3 is 11.1 Å². The smallest absolute Gasteiger partial charge is 0.237 e. The fourth-order valence-corrected chi connectivity index (χ4v) is 2.39. The minimum Gasteiger partial charge on any atom is -0.368 e. The van der Waals surface area contributed by atoms with Gasteiger partial charge in [-0.1, -0.05) is 19.3 Å². The number of amides is 1. The molecule has 3 heteroatoms. The zero-order chi connectivity index (χ0) is 11.5. The summed E-state index contributed by atoms with van der Waals surface area (Å²) >= 11 is 0. The Morgan fingerprint density at radius 1 is 1.33 bits per heavy atom. The van der Waals surface area contributed by atoms with Gasteiger partial charge in [-0.2, -0.15) is 0 Å². The maximum atomic E-state index is 11.2. The molecule has 1 amide bonds. The Hall–Kier alpha value is -0.570. The van der Waals surface area contributed by atoms with Crippen LogP contribution in [-0.4, -0.2) is 17.5 Å². The van der Waals surface area contributed by atoms with Gasteiger partial charge in [0.15, 0.2) is 0 Å². The second kappa shape index (κ2) is 4.97. The zero-order valence-corrected chi connectivity index (χ0v) is 10.2. The fraction of sp³-hybridized carbons (Fsp3) is 0.917. The van der Waals surface area contributed by atoms with Crippen LogP contribution in [-0.2, 0) is 4.79 Å². The quantitative estimate of drug-likeness (QED) is 0.746. The first-order chi connectivity index (χ1) is 6.93. The van der Waals surface area contributed by atoms with Crippen molar-refractivity contribution in [1.29, 1.82) is 0 Å². The molecule has 0 aromatic heterocycles. The van der Waals surface area contributed by atoms with Gasteiger partial charge in [-0.15, -0.1) is 0 Å². The van der Waals surface area contributed by atoms with Gasteiger partial charge in [-0.3, -0.25) is 4.79 Å². The summed E-state index contributed by atoms with van der Waals surface area (Å²) in [7, 11) is 0. The summed E-state index contributed by atoms with van der Waals surface area (Å²) in [5.41, 5.74) is 4.76. The Morgan fingerprint density at radius 3 is 2.33 bits per heavy atom. The minimum atomic E-state index is -0.586. The predicted octanol–water partition coefficient (Wildman–Crippen LogP) is 1.81. The molecule has 0 aliphatic heterocycles. The van der Waals surface area contributed by atoms with Gasteiger partial charge in [0.1, 0.15) is 0 Å². The molecule has 1 saturated carbocycles. The molecule has 1 fully saturated rings. The Labute approximate surface area is 92.8 Å². The Kier molecular flexibility index (Phi) is 4.14.